The zero-order valence-corrected chi connectivity index (χ0v) is 16.3. The van der Waals surface area contributed by atoms with E-state index in [1.54, 1.807) is 6.21 Å². The number of hydrogen-bond donors (Lipinski definition) is 2. The lowest BCUT2D eigenvalue weighted by molar-refractivity contribution is -0.115. The van der Waals surface area contributed by atoms with Gasteiger partial charge in [0.1, 0.15) is 5.92 Å². The topological polar surface area (TPSA) is 56.7 Å². The quantitative estimate of drug-likeness (QED) is 0.691. The monoisotopic (exact) mass is 364 g/mol. The molecule has 2 aromatic rings. The molecule has 142 valence electrons. The molecule has 27 heavy (non-hydrogen) atoms. The number of aliphatic imine (C=N–C) groups is 1. The molecule has 2 aromatic carbocycles. The third kappa shape index (κ3) is 4.55. The second-order valence-electron chi connectivity index (χ2n) is 6.79. The molecule has 1 aliphatic heterocycles. The number of hydrogen-bond acceptors (Lipinski definition) is 4. The molecule has 0 saturated carbocycles. The normalized spacial score (nSPS) is 16.0. The molecule has 1 heterocycles. The van der Waals surface area contributed by atoms with Crippen LogP contribution in [0.5, 0.6) is 0 Å². The van der Waals surface area contributed by atoms with Gasteiger partial charge in [0.05, 0.1) is 5.69 Å². The number of anilines is 2. The number of fused-ring (bicyclic) bond motifs is 1. The van der Waals surface area contributed by atoms with Gasteiger partial charge in [-0.3, -0.25) is 9.79 Å². The van der Waals surface area contributed by atoms with Crippen molar-refractivity contribution in [1.29, 1.82) is 0 Å². The van der Waals surface area contributed by atoms with Crippen LogP contribution in [0.2, 0.25) is 0 Å². The first-order valence-corrected chi connectivity index (χ1v) is 9.63. The number of rotatable bonds is 8. The highest BCUT2D eigenvalue weighted by atomic mass is 16.2. The number of para-hydroxylation sites is 1. The van der Waals surface area contributed by atoms with Crippen molar-refractivity contribution in [1.82, 2.24) is 4.90 Å². The van der Waals surface area contributed by atoms with E-state index < -0.39 is 0 Å². The molecule has 0 bridgehead atoms. The summed E-state index contributed by atoms with van der Waals surface area (Å²) in [7, 11) is 0. The van der Waals surface area contributed by atoms with Crippen molar-refractivity contribution in [2.24, 2.45) is 4.99 Å². The Kier molecular flexibility index (Phi) is 6.24. The number of benzene rings is 2. The van der Waals surface area contributed by atoms with Crippen molar-refractivity contribution in [3.8, 4) is 0 Å². The molecule has 3 rings (SSSR count). The van der Waals surface area contributed by atoms with Crippen LogP contribution in [-0.4, -0.2) is 43.2 Å². The van der Waals surface area contributed by atoms with Crippen LogP contribution in [0.25, 0.3) is 0 Å². The molecule has 0 aliphatic carbocycles. The second kappa shape index (κ2) is 8.82. The Bertz CT molecular complexity index is 827. The average Bonchev–Trinajstić information content (AvgIpc) is 3.00. The molecular weight excluding hydrogens is 336 g/mol. The van der Waals surface area contributed by atoms with Crippen LogP contribution in [0.1, 0.15) is 30.9 Å². The number of carbonyl (C=O) groups excluding carboxylic acids is 1. The fourth-order valence-electron chi connectivity index (χ4n) is 3.36. The number of carbonyl (C=O) groups is 1. The van der Waals surface area contributed by atoms with Gasteiger partial charge in [0, 0.05) is 30.7 Å². The number of nitrogens with zero attached hydrogens (tertiary/aromatic N) is 2. The van der Waals surface area contributed by atoms with Crippen LogP contribution in [0, 0.1) is 6.92 Å². The minimum absolute atomic E-state index is 0.0219. The smallest absolute Gasteiger partial charge is 0.237 e. The summed E-state index contributed by atoms with van der Waals surface area (Å²) >= 11 is 0. The van der Waals surface area contributed by atoms with Crippen LogP contribution >= 0.6 is 0 Å². The number of amides is 1. The van der Waals surface area contributed by atoms with Gasteiger partial charge in [-0.2, -0.15) is 0 Å². The molecule has 5 heteroatoms. The molecular formula is C22H28N4O. The first-order chi connectivity index (χ1) is 13.1. The predicted molar refractivity (Wildman–Crippen MR) is 113 cm³/mol. The van der Waals surface area contributed by atoms with Gasteiger partial charge in [-0.25, -0.2) is 0 Å². The summed E-state index contributed by atoms with van der Waals surface area (Å²) in [6.07, 6.45) is 1.74. The molecule has 0 aromatic heterocycles. The number of aryl methyl sites for hydroxylation is 1. The largest absolute Gasteiger partial charge is 0.384 e. The van der Waals surface area contributed by atoms with E-state index in [1.807, 2.05) is 30.3 Å². The van der Waals surface area contributed by atoms with Crippen LogP contribution in [0.15, 0.2) is 47.5 Å². The molecule has 5 nitrogen and oxygen atoms in total. The molecule has 1 atom stereocenters. The van der Waals surface area contributed by atoms with Gasteiger partial charge < -0.3 is 15.5 Å². The van der Waals surface area contributed by atoms with E-state index in [9.17, 15) is 4.79 Å². The summed E-state index contributed by atoms with van der Waals surface area (Å²) in [4.78, 5) is 19.1. The Labute approximate surface area is 161 Å². The van der Waals surface area contributed by atoms with E-state index in [4.69, 9.17) is 0 Å². The van der Waals surface area contributed by atoms with E-state index in [-0.39, 0.29) is 11.8 Å². The van der Waals surface area contributed by atoms with Crippen LogP contribution < -0.4 is 10.6 Å². The average molecular weight is 364 g/mol. The van der Waals surface area contributed by atoms with Gasteiger partial charge in [0.15, 0.2) is 0 Å². The van der Waals surface area contributed by atoms with E-state index in [0.717, 1.165) is 54.4 Å². The third-order valence-electron chi connectivity index (χ3n) is 5.06. The summed E-state index contributed by atoms with van der Waals surface area (Å²) in [5.41, 5.74) is 5.00. The first kappa shape index (κ1) is 19.1. The zero-order valence-electron chi connectivity index (χ0n) is 16.3. The lowest BCUT2D eigenvalue weighted by atomic mass is 10.0. The third-order valence-corrected chi connectivity index (χ3v) is 5.06. The Morgan fingerprint density at radius 3 is 2.70 bits per heavy atom. The highest BCUT2D eigenvalue weighted by Crippen LogP contribution is 2.31. The number of nitrogens with one attached hydrogen (secondary N) is 2. The van der Waals surface area contributed by atoms with Gasteiger partial charge >= 0.3 is 0 Å². The molecule has 0 spiro atoms. The number of likely N-dealkylation sites (N-methyl/N-ethyl adjacent to an activating group) is 1. The van der Waals surface area contributed by atoms with Crippen molar-refractivity contribution in [2.45, 2.75) is 26.7 Å². The Balaban J connectivity index is 1.64. The second-order valence-corrected chi connectivity index (χ2v) is 6.79. The van der Waals surface area contributed by atoms with Crippen LogP contribution in [-0.2, 0) is 4.79 Å². The van der Waals surface area contributed by atoms with Crippen molar-refractivity contribution in [3.05, 3.63) is 53.6 Å². The molecule has 0 saturated heterocycles. The fraction of sp³-hybridized carbons (Fsp3) is 0.364. The van der Waals surface area contributed by atoms with Gasteiger partial charge in [-0.15, -0.1) is 0 Å². The molecule has 1 amide bonds. The van der Waals surface area contributed by atoms with E-state index in [2.05, 4.69) is 53.4 Å². The Morgan fingerprint density at radius 2 is 1.96 bits per heavy atom. The molecule has 2 N–H and O–H groups in total. The maximum Gasteiger partial charge on any atom is 0.237 e. The Hall–Kier alpha value is -2.66. The van der Waals surface area contributed by atoms with Gasteiger partial charge in [0.25, 0.3) is 0 Å². The fourth-order valence-corrected chi connectivity index (χ4v) is 3.36. The molecule has 0 radical (unpaired) electrons. The van der Waals surface area contributed by atoms with Crippen molar-refractivity contribution in [3.63, 3.8) is 0 Å². The van der Waals surface area contributed by atoms with E-state index in [0.29, 0.717) is 0 Å². The minimum atomic E-state index is -0.326. The van der Waals surface area contributed by atoms with Gasteiger partial charge in [-0.1, -0.05) is 32.0 Å². The Morgan fingerprint density at radius 1 is 1.19 bits per heavy atom. The highest BCUT2D eigenvalue weighted by Gasteiger charge is 2.28. The lowest BCUT2D eigenvalue weighted by Gasteiger charge is -2.19. The van der Waals surface area contributed by atoms with Crippen molar-refractivity contribution < 1.29 is 4.79 Å². The SMILES string of the molecule is CCN(CC)CCNc1ccc(N=CC2C(=O)Nc3ccccc32)cc1C. The van der Waals surface area contributed by atoms with Crippen LogP contribution in [0.3, 0.4) is 0 Å². The molecule has 1 aliphatic rings. The summed E-state index contributed by atoms with van der Waals surface area (Å²) in [5, 5.41) is 6.40. The maximum atomic E-state index is 12.2. The molecule has 1 unspecified atom stereocenters. The van der Waals surface area contributed by atoms with Crippen molar-refractivity contribution >= 4 is 29.2 Å². The predicted octanol–water partition coefficient (Wildman–Crippen LogP) is 4.19. The van der Waals surface area contributed by atoms with Gasteiger partial charge in [0.2, 0.25) is 5.91 Å². The molecule has 0 fully saturated rings. The first-order valence-electron chi connectivity index (χ1n) is 9.63. The summed E-state index contributed by atoms with van der Waals surface area (Å²) in [6.45, 7) is 10.5. The standard InChI is InChI=1S/C22H28N4O/c1-4-26(5-2)13-12-23-20-11-10-17(14-16(20)3)24-15-19-18-8-6-7-9-21(18)25-22(19)27/h6-11,14-15,19,23H,4-5,12-13H2,1-3H3,(H,25,27). The highest BCUT2D eigenvalue weighted by molar-refractivity contribution is 6.12. The lowest BCUT2D eigenvalue weighted by Crippen LogP contribution is -2.28. The van der Waals surface area contributed by atoms with Crippen molar-refractivity contribution in [2.75, 3.05) is 36.8 Å². The summed E-state index contributed by atoms with van der Waals surface area (Å²) in [5.74, 6) is -0.347. The van der Waals surface area contributed by atoms with E-state index in [1.165, 1.54) is 0 Å². The zero-order chi connectivity index (χ0) is 19.2. The van der Waals surface area contributed by atoms with Gasteiger partial charge in [-0.05, 0) is 55.4 Å². The van der Waals surface area contributed by atoms with E-state index >= 15 is 0 Å². The summed E-state index contributed by atoms with van der Waals surface area (Å²) < 4.78 is 0. The van der Waals surface area contributed by atoms with Crippen LogP contribution in [0.4, 0.5) is 17.1 Å². The maximum absolute atomic E-state index is 12.2. The minimum Gasteiger partial charge on any atom is -0.384 e. The summed E-state index contributed by atoms with van der Waals surface area (Å²) in [6, 6.07) is 13.9.